The van der Waals surface area contributed by atoms with Crippen LogP contribution in [0.3, 0.4) is 0 Å². The van der Waals surface area contributed by atoms with Gasteiger partial charge >= 0.3 is 0 Å². The Hall–Kier alpha value is -1.09. The van der Waals surface area contributed by atoms with Crippen molar-refractivity contribution in [1.82, 2.24) is 10.3 Å². The Labute approximate surface area is 103 Å². The van der Waals surface area contributed by atoms with E-state index in [1.54, 1.807) is 0 Å². The fourth-order valence-corrected chi connectivity index (χ4v) is 2.82. The minimum Gasteiger partial charge on any atom is -0.367 e. The summed E-state index contributed by atoms with van der Waals surface area (Å²) in [6, 6.07) is 5.05. The van der Waals surface area contributed by atoms with E-state index in [2.05, 4.69) is 41.2 Å². The zero-order valence-electron chi connectivity index (χ0n) is 10.7. The number of nitrogens with one attached hydrogen (secondary N) is 1. The summed E-state index contributed by atoms with van der Waals surface area (Å²) in [5.74, 6) is 0.927. The highest BCUT2D eigenvalue weighted by molar-refractivity contribution is 5.51. The average Bonchev–Trinajstić information content (AvgIpc) is 3.13. The van der Waals surface area contributed by atoms with E-state index in [-0.39, 0.29) is 0 Å². The van der Waals surface area contributed by atoms with E-state index < -0.39 is 0 Å². The number of nitrogens with zero attached hydrogens (tertiary/aromatic N) is 2. The Bertz CT molecular complexity index is 412. The van der Waals surface area contributed by atoms with Crippen LogP contribution in [0, 0.1) is 19.8 Å². The molecule has 3 rings (SSSR count). The molecule has 3 nitrogen and oxygen atoms in total. The topological polar surface area (TPSA) is 28.2 Å². The summed E-state index contributed by atoms with van der Waals surface area (Å²) >= 11 is 0. The number of aromatic nitrogens is 1. The summed E-state index contributed by atoms with van der Waals surface area (Å²) in [7, 11) is 0. The quantitative estimate of drug-likeness (QED) is 0.842. The van der Waals surface area contributed by atoms with Gasteiger partial charge in [-0.05, 0) is 44.7 Å². The number of anilines is 1. The third-order valence-electron chi connectivity index (χ3n) is 3.93. The number of rotatable bonds is 2. The van der Waals surface area contributed by atoms with Crippen molar-refractivity contribution in [1.29, 1.82) is 0 Å². The Morgan fingerprint density at radius 3 is 2.82 bits per heavy atom. The van der Waals surface area contributed by atoms with Crippen molar-refractivity contribution in [3.05, 3.63) is 23.5 Å². The SMILES string of the molecule is Cc1ccc(N2CCNC(C3CC3)C2)c(C)n1. The summed E-state index contributed by atoms with van der Waals surface area (Å²) in [4.78, 5) is 7.07. The smallest absolute Gasteiger partial charge is 0.0608 e. The normalized spacial score (nSPS) is 25.1. The molecule has 92 valence electrons. The van der Waals surface area contributed by atoms with E-state index in [4.69, 9.17) is 0 Å². The molecule has 0 spiro atoms. The highest BCUT2D eigenvalue weighted by atomic mass is 15.2. The summed E-state index contributed by atoms with van der Waals surface area (Å²) < 4.78 is 0. The van der Waals surface area contributed by atoms with Crippen molar-refractivity contribution < 1.29 is 0 Å². The van der Waals surface area contributed by atoms with Gasteiger partial charge in [0.25, 0.3) is 0 Å². The first-order valence-corrected chi connectivity index (χ1v) is 6.66. The lowest BCUT2D eigenvalue weighted by Gasteiger charge is -2.36. The Balaban J connectivity index is 1.77. The minimum absolute atomic E-state index is 0.699. The summed E-state index contributed by atoms with van der Waals surface area (Å²) in [6.45, 7) is 7.54. The van der Waals surface area contributed by atoms with Gasteiger partial charge in [0.1, 0.15) is 0 Å². The van der Waals surface area contributed by atoms with Crippen LogP contribution in [0.5, 0.6) is 0 Å². The van der Waals surface area contributed by atoms with Gasteiger partial charge in [-0.2, -0.15) is 0 Å². The van der Waals surface area contributed by atoms with Crippen molar-refractivity contribution in [2.75, 3.05) is 24.5 Å². The molecule has 3 heteroatoms. The van der Waals surface area contributed by atoms with Gasteiger partial charge in [0.2, 0.25) is 0 Å². The molecule has 1 N–H and O–H groups in total. The molecule has 1 aromatic rings. The second kappa shape index (κ2) is 4.30. The average molecular weight is 231 g/mol. The van der Waals surface area contributed by atoms with Gasteiger partial charge in [0.15, 0.2) is 0 Å². The standard InChI is InChI=1S/C14H21N3/c1-10-3-6-14(11(2)16-10)17-8-7-15-13(9-17)12-4-5-12/h3,6,12-13,15H,4-5,7-9H2,1-2H3. The van der Waals surface area contributed by atoms with Crippen molar-refractivity contribution >= 4 is 5.69 Å². The fraction of sp³-hybridized carbons (Fsp3) is 0.643. The van der Waals surface area contributed by atoms with Crippen LogP contribution in [0.1, 0.15) is 24.2 Å². The van der Waals surface area contributed by atoms with E-state index in [1.807, 2.05) is 0 Å². The minimum atomic E-state index is 0.699. The van der Waals surface area contributed by atoms with Crippen LogP contribution in [0.2, 0.25) is 0 Å². The predicted molar refractivity (Wildman–Crippen MR) is 70.4 cm³/mol. The van der Waals surface area contributed by atoms with E-state index in [0.717, 1.165) is 31.2 Å². The summed E-state index contributed by atoms with van der Waals surface area (Å²) in [6.07, 6.45) is 2.83. The molecule has 2 aliphatic rings. The number of pyridine rings is 1. The molecule has 0 radical (unpaired) electrons. The summed E-state index contributed by atoms with van der Waals surface area (Å²) in [5.41, 5.74) is 3.60. The molecule has 0 aromatic carbocycles. The van der Waals surface area contributed by atoms with Gasteiger partial charge in [-0.1, -0.05) is 0 Å². The molecule has 1 unspecified atom stereocenters. The van der Waals surface area contributed by atoms with Crippen LogP contribution in [-0.2, 0) is 0 Å². The van der Waals surface area contributed by atoms with Crippen LogP contribution >= 0.6 is 0 Å². The molecule has 0 bridgehead atoms. The Morgan fingerprint density at radius 2 is 2.12 bits per heavy atom. The number of hydrogen-bond acceptors (Lipinski definition) is 3. The second-order valence-electron chi connectivity index (χ2n) is 5.40. The van der Waals surface area contributed by atoms with Crippen molar-refractivity contribution in [3.8, 4) is 0 Å². The summed E-state index contributed by atoms with van der Waals surface area (Å²) in [5, 5.41) is 3.65. The molecule has 2 heterocycles. The van der Waals surface area contributed by atoms with Gasteiger partial charge in [0, 0.05) is 31.4 Å². The molecule has 1 aromatic heterocycles. The van der Waals surface area contributed by atoms with Crippen LogP contribution in [0.25, 0.3) is 0 Å². The van der Waals surface area contributed by atoms with E-state index >= 15 is 0 Å². The fourth-order valence-electron chi connectivity index (χ4n) is 2.82. The molecule has 1 saturated carbocycles. The molecule has 0 amide bonds. The van der Waals surface area contributed by atoms with Gasteiger partial charge in [0.05, 0.1) is 11.4 Å². The Morgan fingerprint density at radius 1 is 1.29 bits per heavy atom. The van der Waals surface area contributed by atoms with E-state index in [9.17, 15) is 0 Å². The molecular formula is C14H21N3. The highest BCUT2D eigenvalue weighted by Crippen LogP contribution is 2.34. The van der Waals surface area contributed by atoms with Gasteiger partial charge in [-0.15, -0.1) is 0 Å². The largest absolute Gasteiger partial charge is 0.367 e. The molecule has 17 heavy (non-hydrogen) atoms. The first-order chi connectivity index (χ1) is 8.24. The van der Waals surface area contributed by atoms with Gasteiger partial charge < -0.3 is 10.2 Å². The number of piperazine rings is 1. The lowest BCUT2D eigenvalue weighted by Crippen LogP contribution is -2.52. The monoisotopic (exact) mass is 231 g/mol. The molecule has 1 atom stereocenters. The lowest BCUT2D eigenvalue weighted by molar-refractivity contribution is 0.418. The van der Waals surface area contributed by atoms with E-state index in [1.165, 1.54) is 24.2 Å². The maximum atomic E-state index is 4.57. The zero-order chi connectivity index (χ0) is 11.8. The van der Waals surface area contributed by atoms with Crippen LogP contribution in [-0.4, -0.2) is 30.7 Å². The van der Waals surface area contributed by atoms with Gasteiger partial charge in [-0.25, -0.2) is 0 Å². The van der Waals surface area contributed by atoms with Crippen LogP contribution < -0.4 is 10.2 Å². The van der Waals surface area contributed by atoms with Crippen molar-refractivity contribution in [2.24, 2.45) is 5.92 Å². The maximum Gasteiger partial charge on any atom is 0.0608 e. The number of hydrogen-bond donors (Lipinski definition) is 1. The number of aryl methyl sites for hydroxylation is 2. The van der Waals surface area contributed by atoms with Crippen molar-refractivity contribution in [2.45, 2.75) is 32.7 Å². The molecule has 2 fully saturated rings. The van der Waals surface area contributed by atoms with E-state index in [0.29, 0.717) is 6.04 Å². The Kier molecular flexibility index (Phi) is 2.79. The van der Waals surface area contributed by atoms with Gasteiger partial charge in [-0.3, -0.25) is 4.98 Å². The first-order valence-electron chi connectivity index (χ1n) is 6.66. The second-order valence-corrected chi connectivity index (χ2v) is 5.40. The maximum absolute atomic E-state index is 4.57. The third kappa shape index (κ3) is 2.29. The predicted octanol–water partition coefficient (Wildman–Crippen LogP) is 1.89. The molecule has 1 aliphatic heterocycles. The lowest BCUT2D eigenvalue weighted by atomic mass is 10.1. The highest BCUT2D eigenvalue weighted by Gasteiger charge is 2.34. The van der Waals surface area contributed by atoms with Crippen LogP contribution in [0.4, 0.5) is 5.69 Å². The van der Waals surface area contributed by atoms with Crippen LogP contribution in [0.15, 0.2) is 12.1 Å². The molecule has 1 saturated heterocycles. The third-order valence-corrected chi connectivity index (χ3v) is 3.93. The molecular weight excluding hydrogens is 210 g/mol. The zero-order valence-corrected chi connectivity index (χ0v) is 10.7. The molecule has 1 aliphatic carbocycles. The van der Waals surface area contributed by atoms with Crippen molar-refractivity contribution in [3.63, 3.8) is 0 Å². The first kappa shape index (κ1) is 11.0.